The zero-order valence-corrected chi connectivity index (χ0v) is 9.76. The molecule has 0 spiro atoms. The number of nitro groups is 1. The molecule has 0 aliphatic heterocycles. The summed E-state index contributed by atoms with van der Waals surface area (Å²) in [5, 5.41) is 14.4. The monoisotopic (exact) mass is 270 g/mol. The van der Waals surface area contributed by atoms with Gasteiger partial charge in [0.25, 0.3) is 0 Å². The molecule has 0 unspecified atom stereocenters. The van der Waals surface area contributed by atoms with Crippen LogP contribution in [0.25, 0.3) is 0 Å². The van der Waals surface area contributed by atoms with E-state index in [2.05, 4.69) is 5.10 Å². The Labute approximate surface area is 106 Å². The van der Waals surface area contributed by atoms with E-state index in [4.69, 9.17) is 17.3 Å². The molecule has 1 aromatic heterocycles. The number of anilines is 1. The lowest BCUT2D eigenvalue weighted by Crippen LogP contribution is -2.06. The Bertz CT molecular complexity index is 614. The van der Waals surface area contributed by atoms with Crippen molar-refractivity contribution in [2.75, 3.05) is 5.73 Å². The van der Waals surface area contributed by atoms with E-state index in [-0.39, 0.29) is 23.1 Å². The van der Waals surface area contributed by atoms with Crippen LogP contribution in [0.2, 0.25) is 5.02 Å². The van der Waals surface area contributed by atoms with Gasteiger partial charge in [-0.05, 0) is 17.7 Å². The summed E-state index contributed by atoms with van der Waals surface area (Å²) < 4.78 is 14.2. The fourth-order valence-corrected chi connectivity index (χ4v) is 1.67. The van der Waals surface area contributed by atoms with Crippen molar-refractivity contribution < 1.29 is 9.31 Å². The molecule has 18 heavy (non-hydrogen) atoms. The summed E-state index contributed by atoms with van der Waals surface area (Å²) in [6.45, 7) is 0.180. The van der Waals surface area contributed by atoms with Gasteiger partial charge < -0.3 is 5.73 Å². The van der Waals surface area contributed by atoms with Gasteiger partial charge in [-0.3, -0.25) is 10.1 Å². The van der Waals surface area contributed by atoms with Crippen LogP contribution in [0.1, 0.15) is 5.56 Å². The first-order chi connectivity index (χ1) is 8.49. The lowest BCUT2D eigenvalue weighted by molar-refractivity contribution is -0.384. The second-order valence-corrected chi connectivity index (χ2v) is 3.99. The highest BCUT2D eigenvalue weighted by Crippen LogP contribution is 2.22. The van der Waals surface area contributed by atoms with Gasteiger partial charge in [0, 0.05) is 0 Å². The largest absolute Gasteiger partial charge is 0.378 e. The molecule has 2 aromatic rings. The average molecular weight is 271 g/mol. The highest BCUT2D eigenvalue weighted by molar-refractivity contribution is 6.30. The maximum atomic E-state index is 13.0. The number of benzene rings is 1. The molecule has 0 radical (unpaired) electrons. The van der Waals surface area contributed by atoms with Crippen LogP contribution in [0.3, 0.4) is 0 Å². The number of nitrogens with two attached hydrogens (primary N) is 1. The zero-order valence-electron chi connectivity index (χ0n) is 9.01. The Hall–Kier alpha value is -2.15. The minimum absolute atomic E-state index is 0.0206. The first kappa shape index (κ1) is 12.3. The summed E-state index contributed by atoms with van der Waals surface area (Å²) in [6, 6.07) is 4.14. The number of rotatable bonds is 3. The lowest BCUT2D eigenvalue weighted by Gasteiger charge is -2.04. The first-order valence-electron chi connectivity index (χ1n) is 4.88. The Morgan fingerprint density at radius 1 is 1.56 bits per heavy atom. The molecule has 0 saturated carbocycles. The number of hydrogen-bond acceptors (Lipinski definition) is 4. The second-order valence-electron chi connectivity index (χ2n) is 3.58. The average Bonchev–Trinajstić information content (AvgIpc) is 2.66. The number of nitrogen functional groups attached to an aromatic ring is 1. The molecule has 0 amide bonds. The van der Waals surface area contributed by atoms with Gasteiger partial charge in [-0.15, -0.1) is 0 Å². The highest BCUT2D eigenvalue weighted by Gasteiger charge is 2.17. The number of aromatic nitrogens is 2. The van der Waals surface area contributed by atoms with Crippen LogP contribution in [0.15, 0.2) is 24.4 Å². The maximum Gasteiger partial charge on any atom is 0.330 e. The van der Waals surface area contributed by atoms with Crippen LogP contribution in [0.5, 0.6) is 0 Å². The van der Waals surface area contributed by atoms with Gasteiger partial charge in [-0.1, -0.05) is 17.7 Å². The maximum absolute atomic E-state index is 13.0. The normalized spacial score (nSPS) is 10.6. The molecule has 0 atom stereocenters. The van der Waals surface area contributed by atoms with Gasteiger partial charge >= 0.3 is 5.69 Å². The number of halogens is 2. The van der Waals surface area contributed by atoms with Crippen LogP contribution in [-0.2, 0) is 6.54 Å². The molecule has 1 aromatic carbocycles. The fourth-order valence-electron chi connectivity index (χ4n) is 1.46. The predicted molar refractivity (Wildman–Crippen MR) is 63.8 cm³/mol. The molecule has 6 nitrogen and oxygen atoms in total. The molecule has 94 valence electrons. The summed E-state index contributed by atoms with van der Waals surface area (Å²) >= 11 is 5.63. The molecule has 0 fully saturated rings. The Kier molecular flexibility index (Phi) is 3.15. The third-order valence-electron chi connectivity index (χ3n) is 2.37. The minimum Gasteiger partial charge on any atom is -0.378 e. The van der Waals surface area contributed by atoms with Gasteiger partial charge in [0.1, 0.15) is 12.0 Å². The van der Waals surface area contributed by atoms with Crippen molar-refractivity contribution >= 4 is 23.1 Å². The van der Waals surface area contributed by atoms with Crippen molar-refractivity contribution in [3.63, 3.8) is 0 Å². The molecule has 8 heteroatoms. The van der Waals surface area contributed by atoms with E-state index in [9.17, 15) is 14.5 Å². The molecule has 1 heterocycles. The van der Waals surface area contributed by atoms with E-state index in [1.54, 1.807) is 0 Å². The second kappa shape index (κ2) is 4.61. The molecular weight excluding hydrogens is 263 g/mol. The first-order valence-corrected chi connectivity index (χ1v) is 5.26. The fraction of sp³-hybridized carbons (Fsp3) is 0.100. The summed E-state index contributed by atoms with van der Waals surface area (Å²) in [6.07, 6.45) is 1.07. The van der Waals surface area contributed by atoms with E-state index in [0.29, 0.717) is 5.56 Å². The van der Waals surface area contributed by atoms with Gasteiger partial charge in [-0.2, -0.15) is 5.10 Å². The molecule has 0 saturated heterocycles. The van der Waals surface area contributed by atoms with Crippen LogP contribution < -0.4 is 5.73 Å². The zero-order chi connectivity index (χ0) is 13.3. The summed E-state index contributed by atoms with van der Waals surface area (Å²) in [5.74, 6) is -0.583. The highest BCUT2D eigenvalue weighted by atomic mass is 35.5. The predicted octanol–water partition coefficient (Wildman–Crippen LogP) is 2.21. The molecule has 0 bridgehead atoms. The van der Waals surface area contributed by atoms with Gasteiger partial charge in [0.05, 0.1) is 16.5 Å². The van der Waals surface area contributed by atoms with Crippen LogP contribution in [0.4, 0.5) is 15.9 Å². The topological polar surface area (TPSA) is 87.0 Å². The van der Waals surface area contributed by atoms with Crippen molar-refractivity contribution in [3.8, 4) is 0 Å². The van der Waals surface area contributed by atoms with Gasteiger partial charge in [0.2, 0.25) is 5.82 Å². The third kappa shape index (κ3) is 2.25. The van der Waals surface area contributed by atoms with E-state index >= 15 is 0 Å². The molecule has 0 aliphatic rings. The molecule has 2 rings (SSSR count). The van der Waals surface area contributed by atoms with Crippen molar-refractivity contribution in [2.24, 2.45) is 0 Å². The minimum atomic E-state index is -0.615. The lowest BCUT2D eigenvalue weighted by atomic mass is 10.2. The Balaban J connectivity index is 2.29. The Morgan fingerprint density at radius 3 is 2.83 bits per heavy atom. The van der Waals surface area contributed by atoms with E-state index in [1.807, 2.05) is 0 Å². The third-order valence-corrected chi connectivity index (χ3v) is 2.66. The van der Waals surface area contributed by atoms with Crippen molar-refractivity contribution in [3.05, 3.63) is 50.9 Å². The van der Waals surface area contributed by atoms with Crippen molar-refractivity contribution in [2.45, 2.75) is 6.54 Å². The van der Waals surface area contributed by atoms with E-state index in [0.717, 1.165) is 6.20 Å². The summed E-state index contributed by atoms with van der Waals surface area (Å²) in [7, 11) is 0. The van der Waals surface area contributed by atoms with Gasteiger partial charge in [0.15, 0.2) is 0 Å². The smallest absolute Gasteiger partial charge is 0.330 e. The van der Waals surface area contributed by atoms with Crippen molar-refractivity contribution in [1.29, 1.82) is 0 Å². The quantitative estimate of drug-likeness (QED) is 0.684. The molecular formula is C10H8ClFN4O2. The van der Waals surface area contributed by atoms with E-state index < -0.39 is 10.7 Å². The van der Waals surface area contributed by atoms with E-state index in [1.165, 1.54) is 22.9 Å². The van der Waals surface area contributed by atoms with Crippen LogP contribution in [-0.4, -0.2) is 14.7 Å². The number of hydrogen-bond donors (Lipinski definition) is 1. The standard InChI is InChI=1S/C10H8ClFN4O2/c11-7-3-6(1-2-8(7)12)5-15-10(13)9(4-14-15)16(17)18/h1-4H,5,13H2. The molecule has 2 N–H and O–H groups in total. The number of nitrogens with zero attached hydrogens (tertiary/aromatic N) is 3. The molecule has 0 aliphatic carbocycles. The van der Waals surface area contributed by atoms with Crippen LogP contribution >= 0.6 is 11.6 Å². The summed E-state index contributed by atoms with van der Waals surface area (Å²) in [4.78, 5) is 9.97. The SMILES string of the molecule is Nc1c([N+](=O)[O-])cnn1Cc1ccc(F)c(Cl)c1. The van der Waals surface area contributed by atoms with Crippen LogP contribution in [0, 0.1) is 15.9 Å². The van der Waals surface area contributed by atoms with Crippen molar-refractivity contribution in [1.82, 2.24) is 9.78 Å². The van der Waals surface area contributed by atoms with Gasteiger partial charge in [-0.25, -0.2) is 9.07 Å². The summed E-state index contributed by atoms with van der Waals surface area (Å²) in [5.41, 5.74) is 5.96. The Morgan fingerprint density at radius 2 is 2.28 bits per heavy atom.